The molecule has 0 spiro atoms. The number of phosphoric ester groups is 1. The maximum atomic E-state index is 12.7. The van der Waals surface area contributed by atoms with E-state index in [1.165, 1.54) is 128 Å². The van der Waals surface area contributed by atoms with Crippen LogP contribution in [-0.4, -0.2) is 70.7 Å². The maximum absolute atomic E-state index is 12.7. The zero-order chi connectivity index (χ0) is 41.3. The lowest BCUT2D eigenvalue weighted by atomic mass is 10.0. The van der Waals surface area contributed by atoms with E-state index in [-0.39, 0.29) is 25.8 Å². The Morgan fingerprint density at radius 3 is 1.52 bits per heavy atom. The van der Waals surface area contributed by atoms with Gasteiger partial charge in [-0.25, -0.2) is 0 Å². The van der Waals surface area contributed by atoms with Crippen LogP contribution >= 0.6 is 7.82 Å². The zero-order valence-corrected chi connectivity index (χ0v) is 38.5. The molecular weight excluding hydrogens is 721 g/mol. The molecule has 0 bridgehead atoms. The standard InChI is InChI=1S/C47H92NO7P/c1-6-8-10-12-14-16-18-20-21-22-23-24-25-26-27-29-31-33-35-37-39-42-52-44-46(45-54-56(50,51)53-43-41-48(3,4)5)55-47(49)40-38-36-34-32-30-28-19-17-15-13-11-9-7-2/h11,13,17,19,46H,6-10,12,14-16,18,20-45H2,1-5H3/b13-11-,19-17-. The molecule has 0 aliphatic heterocycles. The first-order chi connectivity index (χ1) is 27.1. The molecule has 2 atom stereocenters. The summed E-state index contributed by atoms with van der Waals surface area (Å²) < 4.78 is 34.6. The van der Waals surface area contributed by atoms with Crippen LogP contribution in [0.5, 0.6) is 0 Å². The number of hydrogen-bond donors (Lipinski definition) is 0. The van der Waals surface area contributed by atoms with Crippen molar-refractivity contribution >= 4 is 13.8 Å². The van der Waals surface area contributed by atoms with Gasteiger partial charge in [0.05, 0.1) is 34.4 Å². The number of likely N-dealkylation sites (N-methyl/N-ethyl adjacent to an activating group) is 1. The Labute approximate surface area is 347 Å². The van der Waals surface area contributed by atoms with Gasteiger partial charge in [0.15, 0.2) is 0 Å². The molecule has 0 aliphatic carbocycles. The topological polar surface area (TPSA) is 94.1 Å². The first kappa shape index (κ1) is 55.0. The van der Waals surface area contributed by atoms with E-state index in [0.717, 1.165) is 64.2 Å². The van der Waals surface area contributed by atoms with Crippen molar-refractivity contribution in [3.05, 3.63) is 24.3 Å². The molecule has 0 aromatic heterocycles. The fraction of sp³-hybridized carbons (Fsp3) is 0.894. The summed E-state index contributed by atoms with van der Waals surface area (Å²) in [5.41, 5.74) is 0. The van der Waals surface area contributed by atoms with E-state index in [1.54, 1.807) is 0 Å². The van der Waals surface area contributed by atoms with Crippen molar-refractivity contribution in [1.82, 2.24) is 0 Å². The van der Waals surface area contributed by atoms with Gasteiger partial charge in [-0.05, 0) is 38.5 Å². The summed E-state index contributed by atoms with van der Waals surface area (Å²) in [6, 6.07) is 0. The molecule has 0 rings (SSSR count). The maximum Gasteiger partial charge on any atom is 0.306 e. The highest BCUT2D eigenvalue weighted by atomic mass is 31.2. The molecule has 9 heteroatoms. The predicted octanol–water partition coefficient (Wildman–Crippen LogP) is 13.4. The smallest absolute Gasteiger partial charge is 0.306 e. The summed E-state index contributed by atoms with van der Waals surface area (Å²) in [7, 11) is 1.35. The second kappa shape index (κ2) is 40.7. The van der Waals surface area contributed by atoms with E-state index in [1.807, 2.05) is 21.1 Å². The molecular formula is C47H92NO7P. The minimum absolute atomic E-state index is 0.0252. The molecule has 2 unspecified atom stereocenters. The lowest BCUT2D eigenvalue weighted by molar-refractivity contribution is -0.870. The highest BCUT2D eigenvalue weighted by Gasteiger charge is 2.20. The van der Waals surface area contributed by atoms with Gasteiger partial charge in [-0.1, -0.05) is 192 Å². The Balaban J connectivity index is 4.12. The van der Waals surface area contributed by atoms with Crippen molar-refractivity contribution in [2.45, 2.75) is 219 Å². The van der Waals surface area contributed by atoms with Gasteiger partial charge in [-0.3, -0.25) is 9.36 Å². The minimum atomic E-state index is -4.52. The van der Waals surface area contributed by atoms with Crippen LogP contribution in [0.25, 0.3) is 0 Å². The van der Waals surface area contributed by atoms with Crippen LogP contribution in [0.3, 0.4) is 0 Å². The van der Waals surface area contributed by atoms with Gasteiger partial charge in [0.1, 0.15) is 19.3 Å². The molecule has 8 nitrogen and oxygen atoms in total. The first-order valence-corrected chi connectivity index (χ1v) is 25.0. The number of esters is 1. The quantitative estimate of drug-likeness (QED) is 0.0199. The normalized spacial score (nSPS) is 13.9. The van der Waals surface area contributed by atoms with Crippen LogP contribution in [0.2, 0.25) is 0 Å². The van der Waals surface area contributed by atoms with Crippen molar-refractivity contribution in [3.63, 3.8) is 0 Å². The predicted molar refractivity (Wildman–Crippen MR) is 236 cm³/mol. The Kier molecular flexibility index (Phi) is 40.0. The number of phosphoric acid groups is 1. The van der Waals surface area contributed by atoms with Gasteiger partial charge in [-0.2, -0.15) is 0 Å². The molecule has 332 valence electrons. The molecule has 0 amide bonds. The fourth-order valence-corrected chi connectivity index (χ4v) is 7.31. The number of carbonyl (C=O) groups excluding carboxylic acids is 1. The Hall–Kier alpha value is -1.02. The van der Waals surface area contributed by atoms with E-state index < -0.39 is 13.9 Å². The number of quaternary nitrogens is 1. The summed E-state index contributed by atoms with van der Waals surface area (Å²) in [6.45, 7) is 5.36. The Morgan fingerprint density at radius 1 is 0.554 bits per heavy atom. The SMILES string of the molecule is CCC/C=C\C/C=C\CCCCCCCC(=O)OC(COCCCCCCCCCCCCCCCCCCCCCCC)COP(=O)([O-])OCC[N+](C)(C)C. The van der Waals surface area contributed by atoms with E-state index in [4.69, 9.17) is 18.5 Å². The van der Waals surface area contributed by atoms with Crippen molar-refractivity contribution in [1.29, 1.82) is 0 Å². The molecule has 0 aliphatic rings. The lowest BCUT2D eigenvalue weighted by Crippen LogP contribution is -2.37. The van der Waals surface area contributed by atoms with Crippen LogP contribution in [0.4, 0.5) is 0 Å². The number of nitrogens with zero attached hydrogens (tertiary/aromatic N) is 1. The van der Waals surface area contributed by atoms with E-state index in [2.05, 4.69) is 38.2 Å². The van der Waals surface area contributed by atoms with Crippen LogP contribution in [0.15, 0.2) is 24.3 Å². The summed E-state index contributed by atoms with van der Waals surface area (Å²) in [4.78, 5) is 25.0. The summed E-state index contributed by atoms with van der Waals surface area (Å²) in [5, 5.41) is 0. The van der Waals surface area contributed by atoms with Gasteiger partial charge in [-0.15, -0.1) is 0 Å². The minimum Gasteiger partial charge on any atom is -0.756 e. The number of carbonyl (C=O) groups is 1. The van der Waals surface area contributed by atoms with Crippen LogP contribution < -0.4 is 4.89 Å². The van der Waals surface area contributed by atoms with Crippen LogP contribution in [-0.2, 0) is 27.9 Å². The molecule has 0 aromatic rings. The number of unbranched alkanes of at least 4 members (excludes halogenated alkanes) is 26. The third-order valence-corrected chi connectivity index (χ3v) is 11.2. The highest BCUT2D eigenvalue weighted by molar-refractivity contribution is 7.45. The molecule has 0 aromatic carbocycles. The molecule has 0 fully saturated rings. The van der Waals surface area contributed by atoms with Crippen molar-refractivity contribution in [3.8, 4) is 0 Å². The summed E-state index contributed by atoms with van der Waals surface area (Å²) >= 11 is 0. The summed E-state index contributed by atoms with van der Waals surface area (Å²) in [5.74, 6) is -0.345. The summed E-state index contributed by atoms with van der Waals surface area (Å²) in [6.07, 6.45) is 46.3. The van der Waals surface area contributed by atoms with Crippen molar-refractivity contribution < 1.29 is 37.3 Å². The molecule has 0 radical (unpaired) electrons. The van der Waals surface area contributed by atoms with E-state index in [0.29, 0.717) is 24.1 Å². The van der Waals surface area contributed by atoms with E-state index >= 15 is 0 Å². The average Bonchev–Trinajstić information content (AvgIpc) is 3.15. The average molecular weight is 814 g/mol. The zero-order valence-electron chi connectivity index (χ0n) is 37.6. The number of rotatable bonds is 44. The largest absolute Gasteiger partial charge is 0.756 e. The van der Waals surface area contributed by atoms with Crippen molar-refractivity contribution in [2.24, 2.45) is 0 Å². The lowest BCUT2D eigenvalue weighted by Gasteiger charge is -2.28. The van der Waals surface area contributed by atoms with Gasteiger partial charge >= 0.3 is 5.97 Å². The second-order valence-corrected chi connectivity index (χ2v) is 18.5. The Morgan fingerprint density at radius 2 is 1.02 bits per heavy atom. The first-order valence-electron chi connectivity index (χ1n) is 23.6. The number of ether oxygens (including phenoxy) is 2. The molecule has 0 N–H and O–H groups in total. The Bertz CT molecular complexity index is 951. The second-order valence-electron chi connectivity index (χ2n) is 17.1. The third-order valence-electron chi connectivity index (χ3n) is 10.2. The van der Waals surface area contributed by atoms with E-state index in [9.17, 15) is 14.3 Å². The van der Waals surface area contributed by atoms with Crippen molar-refractivity contribution in [2.75, 3.05) is 54.1 Å². The van der Waals surface area contributed by atoms with Crippen LogP contribution in [0, 0.1) is 0 Å². The molecule has 56 heavy (non-hydrogen) atoms. The van der Waals surface area contributed by atoms with Gasteiger partial charge in [0.2, 0.25) is 0 Å². The van der Waals surface area contributed by atoms with Crippen LogP contribution in [0.1, 0.15) is 213 Å². The number of hydrogen-bond acceptors (Lipinski definition) is 7. The molecule has 0 heterocycles. The number of allylic oxidation sites excluding steroid dienone is 4. The fourth-order valence-electron chi connectivity index (χ4n) is 6.59. The van der Waals surface area contributed by atoms with Gasteiger partial charge < -0.3 is 27.9 Å². The van der Waals surface area contributed by atoms with Gasteiger partial charge in [0, 0.05) is 13.0 Å². The third kappa shape index (κ3) is 44.1. The molecule has 0 saturated carbocycles. The van der Waals surface area contributed by atoms with Gasteiger partial charge in [0.25, 0.3) is 7.82 Å². The monoisotopic (exact) mass is 814 g/mol. The highest BCUT2D eigenvalue weighted by Crippen LogP contribution is 2.38. The molecule has 0 saturated heterocycles.